The molecule has 1 aliphatic heterocycles. The van der Waals surface area contributed by atoms with Crippen LogP contribution in [0.5, 0.6) is 0 Å². The van der Waals surface area contributed by atoms with E-state index in [2.05, 4.69) is 10.3 Å². The molecule has 0 spiro atoms. The number of carbonyl (C=O) groups is 2. The molecule has 2 amide bonds. The molecule has 22 heavy (non-hydrogen) atoms. The summed E-state index contributed by atoms with van der Waals surface area (Å²) in [6, 6.07) is 5.99. The molecule has 0 saturated carbocycles. The highest BCUT2D eigenvalue weighted by atomic mass is 32.2. The molecule has 0 radical (unpaired) electrons. The van der Waals surface area contributed by atoms with Gasteiger partial charge in [-0.2, -0.15) is 0 Å². The number of primary amides is 1. The molecule has 1 unspecified atom stereocenters. The fraction of sp³-hybridized carbons (Fsp3) is 0.400. The first-order valence-corrected chi connectivity index (χ1v) is 7.74. The number of nitrogens with one attached hydrogen (secondary N) is 1. The van der Waals surface area contributed by atoms with Crippen LogP contribution in [0.15, 0.2) is 29.3 Å². The molecule has 0 aliphatic carbocycles. The van der Waals surface area contributed by atoms with E-state index in [1.54, 1.807) is 32.0 Å². The van der Waals surface area contributed by atoms with Gasteiger partial charge in [0.1, 0.15) is 10.6 Å². The van der Waals surface area contributed by atoms with Crippen molar-refractivity contribution in [1.82, 2.24) is 5.32 Å². The second-order valence-corrected chi connectivity index (χ2v) is 6.88. The topological polar surface area (TPSA) is 84.6 Å². The van der Waals surface area contributed by atoms with Crippen molar-refractivity contribution in [2.75, 3.05) is 0 Å². The van der Waals surface area contributed by atoms with Crippen LogP contribution in [-0.2, 0) is 9.59 Å². The smallest absolute Gasteiger partial charge is 0.242 e. The summed E-state index contributed by atoms with van der Waals surface area (Å²) in [5.74, 6) is -0.983. The predicted molar refractivity (Wildman–Crippen MR) is 84.8 cm³/mol. The molecule has 1 fully saturated rings. The van der Waals surface area contributed by atoms with E-state index < -0.39 is 16.7 Å². The molecule has 0 bridgehead atoms. The van der Waals surface area contributed by atoms with Gasteiger partial charge in [0.25, 0.3) is 0 Å². The number of rotatable bonds is 5. The van der Waals surface area contributed by atoms with Crippen LogP contribution in [-0.4, -0.2) is 21.7 Å². The number of benzene rings is 1. The molecule has 118 valence electrons. The molecule has 1 aliphatic rings. The summed E-state index contributed by atoms with van der Waals surface area (Å²) < 4.78 is 13.0. The lowest BCUT2D eigenvalue weighted by Crippen LogP contribution is -2.34. The van der Waals surface area contributed by atoms with Crippen LogP contribution >= 0.6 is 11.8 Å². The molecule has 5 nitrogen and oxygen atoms in total. The molecule has 7 heteroatoms. The van der Waals surface area contributed by atoms with E-state index in [9.17, 15) is 14.0 Å². The normalized spacial score (nSPS) is 24.3. The van der Waals surface area contributed by atoms with Gasteiger partial charge in [-0.05, 0) is 26.3 Å². The fourth-order valence-electron chi connectivity index (χ4n) is 2.16. The maximum atomic E-state index is 13.7. The average Bonchev–Trinajstić information content (AvgIpc) is 2.72. The van der Waals surface area contributed by atoms with Gasteiger partial charge in [-0.15, -0.1) is 0 Å². The molecule has 2 rings (SSSR count). The Morgan fingerprint density at radius 2 is 2.18 bits per heavy atom. The number of nitrogens with two attached hydrogens (primary N) is 1. The van der Waals surface area contributed by atoms with E-state index in [1.165, 1.54) is 17.8 Å². The minimum atomic E-state index is -0.775. The Bertz CT molecular complexity index is 635. The SMILES string of the molecule is C[C@H](N=C1NC(=O)C(C)(CCC(N)=O)S1)c1ccccc1F. The largest absolute Gasteiger partial charge is 0.370 e. The second kappa shape index (κ2) is 6.48. The van der Waals surface area contributed by atoms with Crippen molar-refractivity contribution in [3.63, 3.8) is 0 Å². The van der Waals surface area contributed by atoms with Crippen molar-refractivity contribution >= 4 is 28.7 Å². The summed E-state index contributed by atoms with van der Waals surface area (Å²) in [6.45, 7) is 3.50. The van der Waals surface area contributed by atoms with Crippen LogP contribution in [0.4, 0.5) is 4.39 Å². The quantitative estimate of drug-likeness (QED) is 0.870. The zero-order valence-electron chi connectivity index (χ0n) is 12.4. The number of amidine groups is 1. The number of carbonyl (C=O) groups excluding carboxylic acids is 2. The summed E-state index contributed by atoms with van der Waals surface area (Å²) in [5, 5.41) is 3.13. The molecule has 0 aromatic heterocycles. The van der Waals surface area contributed by atoms with Crippen molar-refractivity contribution < 1.29 is 14.0 Å². The first-order valence-electron chi connectivity index (χ1n) is 6.93. The number of hydrogen-bond acceptors (Lipinski definition) is 4. The summed E-state index contributed by atoms with van der Waals surface area (Å²) in [5.41, 5.74) is 5.60. The maximum absolute atomic E-state index is 13.7. The Morgan fingerprint density at radius 3 is 2.82 bits per heavy atom. The number of amides is 2. The van der Waals surface area contributed by atoms with Crippen molar-refractivity contribution in [3.8, 4) is 0 Å². The Labute approximate surface area is 132 Å². The lowest BCUT2D eigenvalue weighted by Gasteiger charge is -2.17. The highest BCUT2D eigenvalue weighted by molar-refractivity contribution is 8.16. The summed E-state index contributed by atoms with van der Waals surface area (Å²) in [4.78, 5) is 27.3. The molecular weight excluding hydrogens is 305 g/mol. The standard InChI is InChI=1S/C15H18FN3O2S/c1-9(10-5-3-4-6-11(10)16)18-14-19-13(21)15(2,22-14)8-7-12(17)20/h3-6,9H,7-8H2,1-2H3,(H2,17,20)(H,18,19,21)/t9-,15?/m0/s1. The van der Waals surface area contributed by atoms with Gasteiger partial charge in [-0.1, -0.05) is 30.0 Å². The molecule has 1 aromatic rings. The lowest BCUT2D eigenvalue weighted by molar-refractivity contribution is -0.121. The van der Waals surface area contributed by atoms with Crippen molar-refractivity contribution in [2.45, 2.75) is 37.5 Å². The number of nitrogens with zero attached hydrogens (tertiary/aromatic N) is 1. The first kappa shape index (κ1) is 16.5. The lowest BCUT2D eigenvalue weighted by atomic mass is 10.0. The molecule has 1 heterocycles. The van der Waals surface area contributed by atoms with Crippen LogP contribution in [0.25, 0.3) is 0 Å². The molecule has 1 saturated heterocycles. The van der Waals surface area contributed by atoms with E-state index in [0.717, 1.165) is 0 Å². The fourth-order valence-corrected chi connectivity index (χ4v) is 3.29. The third-order valence-corrected chi connectivity index (χ3v) is 4.78. The van der Waals surface area contributed by atoms with Gasteiger partial charge in [0.05, 0.1) is 6.04 Å². The van der Waals surface area contributed by atoms with Crippen LogP contribution < -0.4 is 11.1 Å². The third kappa shape index (κ3) is 3.65. The van der Waals surface area contributed by atoms with Gasteiger partial charge < -0.3 is 11.1 Å². The monoisotopic (exact) mass is 323 g/mol. The minimum absolute atomic E-state index is 0.132. The maximum Gasteiger partial charge on any atom is 0.242 e. The predicted octanol–water partition coefficient (Wildman–Crippen LogP) is 2.13. The van der Waals surface area contributed by atoms with E-state index in [0.29, 0.717) is 17.2 Å². The zero-order chi connectivity index (χ0) is 16.3. The van der Waals surface area contributed by atoms with E-state index in [-0.39, 0.29) is 18.1 Å². The van der Waals surface area contributed by atoms with E-state index in [1.807, 2.05) is 0 Å². The van der Waals surface area contributed by atoms with Crippen molar-refractivity contribution in [1.29, 1.82) is 0 Å². The summed E-state index contributed by atoms with van der Waals surface area (Å²) in [6.07, 6.45) is 0.471. The first-order chi connectivity index (χ1) is 10.3. The molecule has 1 aromatic carbocycles. The average molecular weight is 323 g/mol. The Morgan fingerprint density at radius 1 is 1.50 bits per heavy atom. The van der Waals surface area contributed by atoms with Gasteiger partial charge in [0, 0.05) is 12.0 Å². The second-order valence-electron chi connectivity index (χ2n) is 5.39. The van der Waals surface area contributed by atoms with Crippen LogP contribution in [0.3, 0.4) is 0 Å². The van der Waals surface area contributed by atoms with Crippen LogP contribution in [0.1, 0.15) is 38.3 Å². The number of hydrogen-bond donors (Lipinski definition) is 2. The summed E-state index contributed by atoms with van der Waals surface area (Å²) in [7, 11) is 0. The summed E-state index contributed by atoms with van der Waals surface area (Å²) >= 11 is 1.25. The highest BCUT2D eigenvalue weighted by Crippen LogP contribution is 2.36. The number of thioether (sulfide) groups is 1. The van der Waals surface area contributed by atoms with Crippen LogP contribution in [0.2, 0.25) is 0 Å². The molecular formula is C15H18FN3O2S. The molecule has 2 atom stereocenters. The number of halogens is 1. The van der Waals surface area contributed by atoms with Gasteiger partial charge in [-0.25, -0.2) is 4.39 Å². The Kier molecular flexibility index (Phi) is 4.85. The van der Waals surface area contributed by atoms with E-state index in [4.69, 9.17) is 5.73 Å². The molecule has 3 N–H and O–H groups in total. The zero-order valence-corrected chi connectivity index (χ0v) is 13.2. The van der Waals surface area contributed by atoms with Gasteiger partial charge in [0.15, 0.2) is 5.17 Å². The van der Waals surface area contributed by atoms with Gasteiger partial charge >= 0.3 is 0 Å². The number of aliphatic imine (C=N–C) groups is 1. The highest BCUT2D eigenvalue weighted by Gasteiger charge is 2.42. The van der Waals surface area contributed by atoms with Crippen LogP contribution in [0, 0.1) is 5.82 Å². The van der Waals surface area contributed by atoms with Gasteiger partial charge in [-0.3, -0.25) is 14.6 Å². The Hall–Kier alpha value is -1.89. The van der Waals surface area contributed by atoms with Gasteiger partial charge in [0.2, 0.25) is 11.8 Å². The van der Waals surface area contributed by atoms with E-state index >= 15 is 0 Å². The Balaban J connectivity index is 2.12. The van der Waals surface area contributed by atoms with Crippen molar-refractivity contribution in [2.24, 2.45) is 10.7 Å². The third-order valence-electron chi connectivity index (χ3n) is 3.54. The van der Waals surface area contributed by atoms with Crippen molar-refractivity contribution in [3.05, 3.63) is 35.6 Å². The minimum Gasteiger partial charge on any atom is -0.370 e.